The van der Waals surface area contributed by atoms with Crippen LogP contribution in [0.25, 0.3) is 0 Å². The molecule has 0 bridgehead atoms. The number of hydrogen-bond acceptors (Lipinski definition) is 5. The van der Waals surface area contributed by atoms with Crippen LogP contribution in [0.15, 0.2) is 0 Å². The summed E-state index contributed by atoms with van der Waals surface area (Å²) in [5, 5.41) is 0. The summed E-state index contributed by atoms with van der Waals surface area (Å²) in [5.41, 5.74) is 0. The molecule has 0 saturated carbocycles. The lowest BCUT2D eigenvalue weighted by atomic mass is 9.98. The maximum atomic E-state index is 13.2. The Labute approximate surface area is 177 Å². The number of ether oxygens (including phenoxy) is 2. The van der Waals surface area contributed by atoms with Crippen molar-refractivity contribution in [3.8, 4) is 0 Å². The summed E-state index contributed by atoms with van der Waals surface area (Å²) in [5.74, 6) is -0.942. The second kappa shape index (κ2) is 14.2. The van der Waals surface area contributed by atoms with Crippen molar-refractivity contribution >= 4 is 18.0 Å². The van der Waals surface area contributed by atoms with Gasteiger partial charge < -0.3 is 14.4 Å². The topological polar surface area (TPSA) is 76.2 Å². The molecule has 0 radical (unpaired) electrons. The molecule has 2 atom stereocenters. The Morgan fingerprint density at radius 1 is 0.724 bits per heavy atom. The number of rotatable bonds is 13. The normalized spacial score (nSPS) is 13.2. The predicted octanol–water partition coefficient (Wildman–Crippen LogP) is 4.10. The van der Waals surface area contributed by atoms with Crippen LogP contribution in [0.1, 0.15) is 73.6 Å². The van der Waals surface area contributed by atoms with Gasteiger partial charge in [-0.2, -0.15) is 0 Å². The Balaban J connectivity index is 5.23. The van der Waals surface area contributed by atoms with Gasteiger partial charge in [-0.1, -0.05) is 60.8 Å². The molecule has 0 saturated heterocycles. The van der Waals surface area contributed by atoms with E-state index in [9.17, 15) is 14.4 Å². The van der Waals surface area contributed by atoms with Crippen molar-refractivity contribution in [2.24, 2.45) is 11.8 Å². The van der Waals surface area contributed by atoms with Crippen molar-refractivity contribution in [2.75, 3.05) is 27.3 Å². The van der Waals surface area contributed by atoms with E-state index in [0.29, 0.717) is 19.6 Å². The van der Waals surface area contributed by atoms with E-state index in [1.165, 1.54) is 9.80 Å². The van der Waals surface area contributed by atoms with Crippen LogP contribution >= 0.6 is 0 Å². The molecule has 0 aliphatic carbocycles. The van der Waals surface area contributed by atoms with Crippen LogP contribution in [0, 0.1) is 11.8 Å². The summed E-state index contributed by atoms with van der Waals surface area (Å²) in [6.45, 7) is 12.2. The molecule has 0 aromatic rings. The lowest BCUT2D eigenvalue weighted by Crippen LogP contribution is -2.56. The lowest BCUT2D eigenvalue weighted by molar-refractivity contribution is -0.158. The Bertz CT molecular complexity index is 507. The van der Waals surface area contributed by atoms with Gasteiger partial charge in [0, 0.05) is 14.1 Å². The lowest BCUT2D eigenvalue weighted by Gasteiger charge is -2.36. The van der Waals surface area contributed by atoms with Gasteiger partial charge >= 0.3 is 12.1 Å². The highest BCUT2D eigenvalue weighted by molar-refractivity contribution is 5.89. The number of amides is 2. The molecule has 0 rings (SSSR count). The number of unbranched alkanes of at least 4 members (excludes halogenated alkanes) is 3. The van der Waals surface area contributed by atoms with Gasteiger partial charge in [0.1, 0.15) is 12.1 Å². The molecule has 0 spiro atoms. The SMILES string of the molecule is CCCCCCOC(=O)C(C(C)C)N(C)C(=O)C(C(C)C)N(C)C(=O)OCCC. The third-order valence-corrected chi connectivity index (χ3v) is 4.90. The molecule has 170 valence electrons. The first-order chi connectivity index (χ1) is 13.6. The van der Waals surface area contributed by atoms with Crippen LogP contribution in [0.3, 0.4) is 0 Å². The van der Waals surface area contributed by atoms with Crippen molar-refractivity contribution in [1.29, 1.82) is 0 Å². The first-order valence-electron chi connectivity index (χ1n) is 10.9. The summed E-state index contributed by atoms with van der Waals surface area (Å²) < 4.78 is 10.6. The molecule has 2 unspecified atom stereocenters. The predicted molar refractivity (Wildman–Crippen MR) is 115 cm³/mol. The van der Waals surface area contributed by atoms with E-state index in [-0.39, 0.29) is 17.7 Å². The molecule has 0 aromatic carbocycles. The van der Waals surface area contributed by atoms with Crippen molar-refractivity contribution in [2.45, 2.75) is 85.7 Å². The first-order valence-corrected chi connectivity index (χ1v) is 10.9. The van der Waals surface area contributed by atoms with Gasteiger partial charge in [0.25, 0.3) is 0 Å². The fourth-order valence-corrected chi connectivity index (χ4v) is 3.31. The molecule has 0 N–H and O–H groups in total. The molecular weight excluding hydrogens is 372 g/mol. The summed E-state index contributed by atoms with van der Waals surface area (Å²) in [6, 6.07) is -1.42. The quantitative estimate of drug-likeness (QED) is 0.335. The largest absolute Gasteiger partial charge is 0.464 e. The molecule has 0 aliphatic rings. The van der Waals surface area contributed by atoms with Crippen LogP contribution in [0.4, 0.5) is 4.79 Å². The van der Waals surface area contributed by atoms with E-state index in [1.807, 2.05) is 34.6 Å². The zero-order valence-corrected chi connectivity index (χ0v) is 19.7. The molecule has 7 nitrogen and oxygen atoms in total. The molecule has 0 aliphatic heterocycles. The van der Waals surface area contributed by atoms with Gasteiger partial charge in [-0.3, -0.25) is 9.69 Å². The van der Waals surface area contributed by atoms with Gasteiger partial charge in [-0.25, -0.2) is 9.59 Å². The number of nitrogens with zero attached hydrogens (tertiary/aromatic N) is 2. The highest BCUT2D eigenvalue weighted by atomic mass is 16.6. The average molecular weight is 415 g/mol. The van der Waals surface area contributed by atoms with Gasteiger partial charge in [0.15, 0.2) is 0 Å². The van der Waals surface area contributed by atoms with Crippen molar-refractivity contribution in [1.82, 2.24) is 9.80 Å². The number of likely N-dealkylation sites (N-methyl/N-ethyl adjacent to an activating group) is 2. The van der Waals surface area contributed by atoms with E-state index in [1.54, 1.807) is 14.1 Å². The Hall–Kier alpha value is -1.79. The Kier molecular flexibility index (Phi) is 13.4. The fraction of sp³-hybridized carbons (Fsp3) is 0.864. The number of carbonyl (C=O) groups is 3. The summed E-state index contributed by atoms with van der Waals surface area (Å²) in [6.07, 6.45) is 4.24. The minimum Gasteiger partial charge on any atom is -0.464 e. The second-order valence-electron chi connectivity index (χ2n) is 8.28. The van der Waals surface area contributed by atoms with E-state index < -0.39 is 24.1 Å². The molecule has 0 aromatic heterocycles. The number of esters is 1. The van der Waals surface area contributed by atoms with Gasteiger partial charge in [0.2, 0.25) is 5.91 Å². The van der Waals surface area contributed by atoms with Crippen LogP contribution < -0.4 is 0 Å². The van der Waals surface area contributed by atoms with E-state index in [2.05, 4.69) is 6.92 Å². The molecule has 7 heteroatoms. The van der Waals surface area contributed by atoms with E-state index >= 15 is 0 Å². The zero-order chi connectivity index (χ0) is 22.6. The number of carbonyl (C=O) groups excluding carboxylic acids is 3. The van der Waals surface area contributed by atoms with Crippen LogP contribution in [-0.4, -0.2) is 67.2 Å². The highest BCUT2D eigenvalue weighted by Gasteiger charge is 2.38. The van der Waals surface area contributed by atoms with Crippen LogP contribution in [0.2, 0.25) is 0 Å². The van der Waals surface area contributed by atoms with Gasteiger partial charge in [-0.05, 0) is 24.7 Å². The minimum absolute atomic E-state index is 0.114. The van der Waals surface area contributed by atoms with Gasteiger partial charge in [0.05, 0.1) is 13.2 Å². The molecule has 2 amide bonds. The highest BCUT2D eigenvalue weighted by Crippen LogP contribution is 2.19. The van der Waals surface area contributed by atoms with Gasteiger partial charge in [-0.15, -0.1) is 0 Å². The minimum atomic E-state index is -0.719. The summed E-state index contributed by atoms with van der Waals surface area (Å²) in [7, 11) is 3.16. The number of hydrogen-bond donors (Lipinski definition) is 0. The summed E-state index contributed by atoms with van der Waals surface area (Å²) >= 11 is 0. The zero-order valence-electron chi connectivity index (χ0n) is 19.7. The first kappa shape index (κ1) is 27.2. The van der Waals surface area contributed by atoms with Crippen molar-refractivity contribution in [3.63, 3.8) is 0 Å². The smallest absolute Gasteiger partial charge is 0.410 e. The standard InChI is InChI=1S/C22H42N2O5/c1-9-11-12-13-15-28-21(26)19(17(5)6)23(7)20(25)18(16(3)4)24(8)22(27)29-14-10-2/h16-19H,9-15H2,1-8H3. The molecule has 0 fully saturated rings. The van der Waals surface area contributed by atoms with Crippen molar-refractivity contribution < 1.29 is 23.9 Å². The maximum absolute atomic E-state index is 13.2. The molecule has 0 heterocycles. The third-order valence-electron chi connectivity index (χ3n) is 4.90. The monoisotopic (exact) mass is 414 g/mol. The Morgan fingerprint density at radius 3 is 1.79 bits per heavy atom. The third kappa shape index (κ3) is 9.05. The second-order valence-corrected chi connectivity index (χ2v) is 8.28. The van der Waals surface area contributed by atoms with Crippen LogP contribution in [0.5, 0.6) is 0 Å². The molecule has 29 heavy (non-hydrogen) atoms. The van der Waals surface area contributed by atoms with E-state index in [0.717, 1.165) is 25.7 Å². The van der Waals surface area contributed by atoms with Crippen molar-refractivity contribution in [3.05, 3.63) is 0 Å². The van der Waals surface area contributed by atoms with Crippen LogP contribution in [-0.2, 0) is 19.1 Å². The maximum Gasteiger partial charge on any atom is 0.410 e. The summed E-state index contributed by atoms with van der Waals surface area (Å²) in [4.78, 5) is 40.9. The fourth-order valence-electron chi connectivity index (χ4n) is 3.31. The molecular formula is C22H42N2O5. The average Bonchev–Trinajstić information content (AvgIpc) is 2.65. The Morgan fingerprint density at radius 2 is 1.31 bits per heavy atom. The van der Waals surface area contributed by atoms with E-state index in [4.69, 9.17) is 9.47 Å².